The van der Waals surface area contributed by atoms with Crippen LogP contribution in [0.3, 0.4) is 0 Å². The van der Waals surface area contributed by atoms with Crippen molar-refractivity contribution >= 4 is 34.8 Å². The van der Waals surface area contributed by atoms with Crippen LogP contribution in [0.5, 0.6) is 0 Å². The highest BCUT2D eigenvalue weighted by atomic mass is 16.2. The summed E-state index contributed by atoms with van der Waals surface area (Å²) in [5.74, 6) is -0.145. The molecule has 0 radical (unpaired) electrons. The van der Waals surface area contributed by atoms with E-state index in [1.807, 2.05) is 13.8 Å². The maximum absolute atomic E-state index is 12.1. The number of benzene rings is 2. The molecule has 7 heteroatoms. The molecule has 0 heterocycles. The minimum Gasteiger partial charge on any atom is -0.376 e. The monoisotopic (exact) mass is 382 g/mol. The summed E-state index contributed by atoms with van der Waals surface area (Å²) < 4.78 is 0. The number of anilines is 3. The van der Waals surface area contributed by atoms with Gasteiger partial charge in [-0.25, -0.2) is 0 Å². The smallest absolute Gasteiger partial charge is 0.251 e. The Balaban J connectivity index is 1.84. The van der Waals surface area contributed by atoms with Crippen molar-refractivity contribution in [3.05, 3.63) is 54.1 Å². The van der Waals surface area contributed by atoms with E-state index in [2.05, 4.69) is 21.3 Å². The standard InChI is InChI=1S/C21H26N4O3/c1-14(2)11-19(26)24-16-7-9-17(10-8-16)25-20(27)13-23-18-6-4-5-15(12-18)21(28)22-3/h4-10,12,14,23H,11,13H2,1-3H3,(H,22,28)(H,24,26)(H,25,27). The first-order valence-electron chi connectivity index (χ1n) is 9.13. The summed E-state index contributed by atoms with van der Waals surface area (Å²) in [4.78, 5) is 35.5. The molecule has 2 aromatic carbocycles. The number of rotatable bonds is 8. The Kier molecular flexibility index (Phi) is 7.56. The first-order chi connectivity index (χ1) is 13.4. The van der Waals surface area contributed by atoms with Crippen molar-refractivity contribution in [2.45, 2.75) is 20.3 Å². The van der Waals surface area contributed by atoms with Crippen LogP contribution in [0.2, 0.25) is 0 Å². The van der Waals surface area contributed by atoms with Crippen LogP contribution in [0.4, 0.5) is 17.1 Å². The predicted molar refractivity (Wildman–Crippen MR) is 111 cm³/mol. The van der Waals surface area contributed by atoms with Gasteiger partial charge in [-0.15, -0.1) is 0 Å². The fraction of sp³-hybridized carbons (Fsp3) is 0.286. The Morgan fingerprint density at radius 1 is 0.857 bits per heavy atom. The van der Waals surface area contributed by atoms with Crippen LogP contribution in [0, 0.1) is 5.92 Å². The number of hydrogen-bond donors (Lipinski definition) is 4. The molecule has 0 aliphatic heterocycles. The maximum atomic E-state index is 12.1. The summed E-state index contributed by atoms with van der Waals surface area (Å²) >= 11 is 0. The van der Waals surface area contributed by atoms with E-state index in [-0.39, 0.29) is 24.3 Å². The highest BCUT2D eigenvalue weighted by Gasteiger charge is 2.07. The van der Waals surface area contributed by atoms with Crippen LogP contribution in [0.15, 0.2) is 48.5 Å². The van der Waals surface area contributed by atoms with Crippen molar-refractivity contribution in [1.82, 2.24) is 5.32 Å². The van der Waals surface area contributed by atoms with E-state index in [1.54, 1.807) is 55.6 Å². The molecule has 3 amide bonds. The molecular formula is C21H26N4O3. The molecule has 7 nitrogen and oxygen atoms in total. The van der Waals surface area contributed by atoms with Gasteiger partial charge in [0, 0.05) is 36.1 Å². The predicted octanol–water partition coefficient (Wildman–Crippen LogP) is 3.08. The molecule has 0 aliphatic carbocycles. The van der Waals surface area contributed by atoms with Crippen LogP contribution < -0.4 is 21.3 Å². The molecule has 0 bridgehead atoms. The van der Waals surface area contributed by atoms with Crippen molar-refractivity contribution in [1.29, 1.82) is 0 Å². The lowest BCUT2D eigenvalue weighted by molar-refractivity contribution is -0.117. The second-order valence-electron chi connectivity index (χ2n) is 6.79. The highest BCUT2D eigenvalue weighted by Crippen LogP contribution is 2.15. The zero-order valence-corrected chi connectivity index (χ0v) is 16.3. The first kappa shape index (κ1) is 21.0. The molecule has 148 valence electrons. The zero-order valence-electron chi connectivity index (χ0n) is 16.3. The number of amides is 3. The lowest BCUT2D eigenvalue weighted by atomic mass is 10.1. The minimum atomic E-state index is -0.220. The van der Waals surface area contributed by atoms with E-state index in [0.717, 1.165) is 0 Å². The number of carbonyl (C=O) groups excluding carboxylic acids is 3. The molecular weight excluding hydrogens is 356 g/mol. The van der Waals surface area contributed by atoms with Gasteiger partial charge in [0.1, 0.15) is 0 Å². The van der Waals surface area contributed by atoms with Crippen LogP contribution in [-0.2, 0) is 9.59 Å². The van der Waals surface area contributed by atoms with Crippen molar-refractivity contribution in [3.63, 3.8) is 0 Å². The molecule has 0 spiro atoms. The minimum absolute atomic E-state index is 0.0324. The van der Waals surface area contributed by atoms with Crippen molar-refractivity contribution in [2.75, 3.05) is 29.5 Å². The topological polar surface area (TPSA) is 99.3 Å². The Bertz CT molecular complexity index is 832. The van der Waals surface area contributed by atoms with Gasteiger partial charge in [0.2, 0.25) is 11.8 Å². The fourth-order valence-corrected chi connectivity index (χ4v) is 2.52. The van der Waals surface area contributed by atoms with Gasteiger partial charge in [-0.2, -0.15) is 0 Å². The molecule has 0 aromatic heterocycles. The molecule has 0 fully saturated rings. The van der Waals surface area contributed by atoms with Gasteiger partial charge in [-0.05, 0) is 48.4 Å². The average molecular weight is 382 g/mol. The Hall–Kier alpha value is -3.35. The Morgan fingerprint density at radius 2 is 1.46 bits per heavy atom. The third kappa shape index (κ3) is 6.75. The van der Waals surface area contributed by atoms with E-state index < -0.39 is 0 Å². The molecule has 0 saturated carbocycles. The van der Waals surface area contributed by atoms with Gasteiger partial charge >= 0.3 is 0 Å². The summed E-state index contributed by atoms with van der Waals surface area (Å²) in [5, 5.41) is 11.2. The molecule has 4 N–H and O–H groups in total. The van der Waals surface area contributed by atoms with E-state index in [4.69, 9.17) is 0 Å². The largest absolute Gasteiger partial charge is 0.376 e. The van der Waals surface area contributed by atoms with Gasteiger partial charge in [0.25, 0.3) is 5.91 Å². The van der Waals surface area contributed by atoms with Crippen molar-refractivity contribution < 1.29 is 14.4 Å². The average Bonchev–Trinajstić information content (AvgIpc) is 2.67. The molecule has 0 aliphatic rings. The van der Waals surface area contributed by atoms with E-state index >= 15 is 0 Å². The van der Waals surface area contributed by atoms with Gasteiger partial charge in [0.05, 0.1) is 6.54 Å². The molecule has 0 atom stereocenters. The molecule has 0 saturated heterocycles. The summed E-state index contributed by atoms with van der Waals surface area (Å²) in [6, 6.07) is 13.9. The number of nitrogens with one attached hydrogen (secondary N) is 4. The van der Waals surface area contributed by atoms with Gasteiger partial charge < -0.3 is 21.3 Å². The quantitative estimate of drug-likeness (QED) is 0.564. The Labute approximate surface area is 164 Å². The molecule has 2 aromatic rings. The molecule has 2 rings (SSSR count). The Morgan fingerprint density at radius 3 is 2.04 bits per heavy atom. The van der Waals surface area contributed by atoms with Crippen LogP contribution >= 0.6 is 0 Å². The van der Waals surface area contributed by atoms with Gasteiger partial charge in [-0.1, -0.05) is 19.9 Å². The van der Waals surface area contributed by atoms with E-state index in [9.17, 15) is 14.4 Å². The third-order valence-corrected chi connectivity index (χ3v) is 3.85. The lowest BCUT2D eigenvalue weighted by Crippen LogP contribution is -2.22. The second-order valence-corrected chi connectivity index (χ2v) is 6.79. The SMILES string of the molecule is CNC(=O)c1cccc(NCC(=O)Nc2ccc(NC(=O)CC(C)C)cc2)c1. The van der Waals surface area contributed by atoms with Gasteiger partial charge in [0.15, 0.2) is 0 Å². The molecule has 0 unspecified atom stereocenters. The maximum Gasteiger partial charge on any atom is 0.251 e. The normalized spacial score (nSPS) is 10.3. The highest BCUT2D eigenvalue weighted by molar-refractivity contribution is 5.96. The zero-order chi connectivity index (χ0) is 20.5. The van der Waals surface area contributed by atoms with E-state index in [0.29, 0.717) is 35.0 Å². The summed E-state index contributed by atoms with van der Waals surface area (Å²) in [5.41, 5.74) is 2.52. The summed E-state index contributed by atoms with van der Waals surface area (Å²) in [6.45, 7) is 4.03. The number of carbonyl (C=O) groups is 3. The van der Waals surface area contributed by atoms with E-state index in [1.165, 1.54) is 0 Å². The van der Waals surface area contributed by atoms with Crippen LogP contribution in [0.25, 0.3) is 0 Å². The lowest BCUT2D eigenvalue weighted by Gasteiger charge is -2.10. The first-order valence-corrected chi connectivity index (χ1v) is 9.13. The third-order valence-electron chi connectivity index (χ3n) is 3.85. The summed E-state index contributed by atoms with van der Waals surface area (Å²) in [7, 11) is 1.57. The van der Waals surface area contributed by atoms with Crippen LogP contribution in [-0.4, -0.2) is 31.3 Å². The van der Waals surface area contributed by atoms with Crippen LogP contribution in [0.1, 0.15) is 30.6 Å². The number of hydrogen-bond acceptors (Lipinski definition) is 4. The van der Waals surface area contributed by atoms with Crippen molar-refractivity contribution in [2.24, 2.45) is 5.92 Å². The summed E-state index contributed by atoms with van der Waals surface area (Å²) in [6.07, 6.45) is 0.464. The second kappa shape index (κ2) is 10.1. The van der Waals surface area contributed by atoms with Gasteiger partial charge in [-0.3, -0.25) is 14.4 Å². The molecule has 28 heavy (non-hydrogen) atoms. The van der Waals surface area contributed by atoms with Crippen molar-refractivity contribution in [3.8, 4) is 0 Å². The fourth-order valence-electron chi connectivity index (χ4n) is 2.52.